The Morgan fingerprint density at radius 3 is 2.65 bits per heavy atom. The second-order valence-corrected chi connectivity index (χ2v) is 6.52. The largest absolute Gasteiger partial charge is 0.462 e. The molecule has 1 aromatic heterocycles. The van der Waals surface area contributed by atoms with Gasteiger partial charge in [-0.05, 0) is 62.7 Å². The number of carbonyl (C=O) groups is 2. The summed E-state index contributed by atoms with van der Waals surface area (Å²) < 4.78 is 7.08. The van der Waals surface area contributed by atoms with Crippen LogP contribution in [0.5, 0.6) is 0 Å². The maximum Gasteiger partial charge on any atom is 0.338 e. The second-order valence-electron chi connectivity index (χ2n) is 6.52. The predicted octanol–water partition coefficient (Wildman–Crippen LogP) is 2.98. The molecule has 0 aliphatic carbocycles. The molecule has 1 aliphatic heterocycles. The maximum absolute atomic E-state index is 12.4. The molecule has 1 aromatic carbocycles. The van der Waals surface area contributed by atoms with Crippen LogP contribution in [0, 0.1) is 0 Å². The van der Waals surface area contributed by atoms with E-state index in [4.69, 9.17) is 4.74 Å². The van der Waals surface area contributed by atoms with Gasteiger partial charge in [-0.25, -0.2) is 4.79 Å². The summed E-state index contributed by atoms with van der Waals surface area (Å²) >= 11 is 0. The van der Waals surface area contributed by atoms with Gasteiger partial charge in [-0.15, -0.1) is 0 Å². The van der Waals surface area contributed by atoms with Gasteiger partial charge in [-0.1, -0.05) is 0 Å². The molecule has 1 aliphatic rings. The lowest BCUT2D eigenvalue weighted by Crippen LogP contribution is -2.33. The van der Waals surface area contributed by atoms with E-state index >= 15 is 0 Å². The van der Waals surface area contributed by atoms with Crippen molar-refractivity contribution in [3.05, 3.63) is 53.9 Å². The van der Waals surface area contributed by atoms with Crippen molar-refractivity contribution in [2.24, 2.45) is 7.05 Å². The number of amides is 1. The van der Waals surface area contributed by atoms with Gasteiger partial charge in [0.2, 0.25) is 5.91 Å². The Hall–Kier alpha value is -2.60. The SMILES string of the molecule is CCOC(=O)c1ccc(NC(=O)CN2CCC[C@@H]2c2cccn2C)cc1. The lowest BCUT2D eigenvalue weighted by atomic mass is 10.1. The normalized spacial score (nSPS) is 17.2. The summed E-state index contributed by atoms with van der Waals surface area (Å²) in [6, 6.07) is 11.2. The number of carbonyl (C=O) groups excluding carboxylic acids is 2. The van der Waals surface area contributed by atoms with Crippen LogP contribution in [0.25, 0.3) is 0 Å². The molecule has 1 saturated heterocycles. The highest BCUT2D eigenvalue weighted by atomic mass is 16.5. The monoisotopic (exact) mass is 355 g/mol. The minimum atomic E-state index is -0.354. The maximum atomic E-state index is 12.4. The molecule has 0 spiro atoms. The van der Waals surface area contributed by atoms with Crippen molar-refractivity contribution in [2.45, 2.75) is 25.8 Å². The summed E-state index contributed by atoms with van der Waals surface area (Å²) in [5.74, 6) is -0.400. The van der Waals surface area contributed by atoms with Crippen LogP contribution in [0.3, 0.4) is 0 Å². The van der Waals surface area contributed by atoms with E-state index in [1.165, 1.54) is 5.69 Å². The first-order valence-electron chi connectivity index (χ1n) is 9.01. The van der Waals surface area contributed by atoms with Gasteiger partial charge >= 0.3 is 5.97 Å². The topological polar surface area (TPSA) is 63.6 Å². The molecule has 3 rings (SSSR count). The zero-order valence-electron chi connectivity index (χ0n) is 15.3. The van der Waals surface area contributed by atoms with Gasteiger partial charge in [0.25, 0.3) is 0 Å². The van der Waals surface area contributed by atoms with Crippen molar-refractivity contribution in [1.29, 1.82) is 0 Å². The smallest absolute Gasteiger partial charge is 0.338 e. The van der Waals surface area contributed by atoms with E-state index in [-0.39, 0.29) is 17.9 Å². The first-order chi connectivity index (χ1) is 12.6. The Kier molecular flexibility index (Phi) is 5.73. The van der Waals surface area contributed by atoms with Crippen LogP contribution in [0.15, 0.2) is 42.6 Å². The zero-order chi connectivity index (χ0) is 18.5. The standard InChI is InChI=1S/C20H25N3O3/c1-3-26-20(25)15-8-10-16(11-9-15)21-19(24)14-23-13-5-7-18(23)17-6-4-12-22(17)2/h4,6,8-12,18H,3,5,7,13-14H2,1-2H3,(H,21,24)/t18-/m1/s1. The summed E-state index contributed by atoms with van der Waals surface area (Å²) in [6.07, 6.45) is 4.20. The third-order valence-corrected chi connectivity index (χ3v) is 4.72. The number of aryl methyl sites for hydroxylation is 1. The number of ether oxygens (including phenoxy) is 1. The Bertz CT molecular complexity index is 767. The molecule has 2 heterocycles. The number of nitrogens with zero attached hydrogens (tertiary/aromatic N) is 2. The molecule has 6 nitrogen and oxygen atoms in total. The van der Waals surface area contributed by atoms with E-state index in [0.29, 0.717) is 24.4 Å². The van der Waals surface area contributed by atoms with Crippen LogP contribution in [-0.4, -0.2) is 41.0 Å². The van der Waals surface area contributed by atoms with Crippen LogP contribution >= 0.6 is 0 Å². The molecular weight excluding hydrogens is 330 g/mol. The van der Waals surface area contributed by atoms with Crippen molar-refractivity contribution in [2.75, 3.05) is 25.0 Å². The number of hydrogen-bond donors (Lipinski definition) is 1. The van der Waals surface area contributed by atoms with Crippen molar-refractivity contribution < 1.29 is 14.3 Å². The number of rotatable bonds is 6. The average molecular weight is 355 g/mol. The molecule has 0 unspecified atom stereocenters. The molecule has 6 heteroatoms. The average Bonchev–Trinajstić information content (AvgIpc) is 3.24. The Balaban J connectivity index is 1.58. The van der Waals surface area contributed by atoms with Crippen molar-refractivity contribution in [3.8, 4) is 0 Å². The Labute approximate surface area is 153 Å². The van der Waals surface area contributed by atoms with Crippen LogP contribution in [0.2, 0.25) is 0 Å². The molecule has 0 bridgehead atoms. The number of likely N-dealkylation sites (tertiary alicyclic amines) is 1. The zero-order valence-corrected chi connectivity index (χ0v) is 15.3. The number of anilines is 1. The van der Waals surface area contributed by atoms with Gasteiger partial charge in [-0.2, -0.15) is 0 Å². The highest BCUT2D eigenvalue weighted by Gasteiger charge is 2.28. The summed E-state index contributed by atoms with van der Waals surface area (Å²) in [6.45, 7) is 3.39. The van der Waals surface area contributed by atoms with E-state index in [0.717, 1.165) is 19.4 Å². The van der Waals surface area contributed by atoms with Gasteiger partial charge < -0.3 is 14.6 Å². The van der Waals surface area contributed by atoms with Gasteiger partial charge in [0.05, 0.1) is 24.8 Å². The van der Waals surface area contributed by atoms with Crippen LogP contribution < -0.4 is 5.32 Å². The summed E-state index contributed by atoms with van der Waals surface area (Å²) in [7, 11) is 2.04. The molecule has 0 saturated carbocycles. The number of esters is 1. The van der Waals surface area contributed by atoms with E-state index < -0.39 is 0 Å². The van der Waals surface area contributed by atoms with E-state index in [2.05, 4.69) is 20.9 Å². The molecule has 1 N–H and O–H groups in total. The minimum Gasteiger partial charge on any atom is -0.462 e. The Morgan fingerprint density at radius 1 is 1.23 bits per heavy atom. The quantitative estimate of drug-likeness (QED) is 0.809. The molecule has 0 radical (unpaired) electrons. The fourth-order valence-corrected chi connectivity index (χ4v) is 3.46. The molecule has 2 aromatic rings. The predicted molar refractivity (Wildman–Crippen MR) is 100.0 cm³/mol. The first-order valence-corrected chi connectivity index (χ1v) is 9.01. The van der Waals surface area contributed by atoms with Crippen molar-refractivity contribution in [3.63, 3.8) is 0 Å². The third-order valence-electron chi connectivity index (χ3n) is 4.72. The molecule has 1 amide bonds. The van der Waals surface area contributed by atoms with Crippen LogP contribution in [0.1, 0.15) is 41.9 Å². The fourth-order valence-electron chi connectivity index (χ4n) is 3.46. The molecule has 1 atom stereocenters. The van der Waals surface area contributed by atoms with E-state index in [1.807, 2.05) is 19.3 Å². The molecule has 26 heavy (non-hydrogen) atoms. The lowest BCUT2D eigenvalue weighted by molar-refractivity contribution is -0.117. The van der Waals surface area contributed by atoms with E-state index in [9.17, 15) is 9.59 Å². The van der Waals surface area contributed by atoms with Crippen LogP contribution in [0.4, 0.5) is 5.69 Å². The number of hydrogen-bond acceptors (Lipinski definition) is 4. The van der Waals surface area contributed by atoms with E-state index in [1.54, 1.807) is 31.2 Å². The third kappa shape index (κ3) is 4.14. The number of aromatic nitrogens is 1. The summed E-state index contributed by atoms with van der Waals surface area (Å²) in [5, 5.41) is 2.91. The second kappa shape index (κ2) is 8.19. The summed E-state index contributed by atoms with van der Waals surface area (Å²) in [5.41, 5.74) is 2.40. The highest BCUT2D eigenvalue weighted by molar-refractivity contribution is 5.94. The van der Waals surface area contributed by atoms with Gasteiger partial charge in [-0.3, -0.25) is 9.69 Å². The Morgan fingerprint density at radius 2 is 2.00 bits per heavy atom. The van der Waals surface area contributed by atoms with Gasteiger partial charge in [0.15, 0.2) is 0 Å². The highest BCUT2D eigenvalue weighted by Crippen LogP contribution is 2.31. The summed E-state index contributed by atoms with van der Waals surface area (Å²) in [4.78, 5) is 26.3. The number of benzene rings is 1. The first kappa shape index (κ1) is 18.2. The van der Waals surface area contributed by atoms with Gasteiger partial charge in [0.1, 0.15) is 0 Å². The van der Waals surface area contributed by atoms with Gasteiger partial charge in [0, 0.05) is 24.6 Å². The number of nitrogens with one attached hydrogen (secondary N) is 1. The fraction of sp³-hybridized carbons (Fsp3) is 0.400. The lowest BCUT2D eigenvalue weighted by Gasteiger charge is -2.24. The van der Waals surface area contributed by atoms with Crippen LogP contribution in [-0.2, 0) is 16.6 Å². The molecular formula is C20H25N3O3. The van der Waals surface area contributed by atoms with Crippen molar-refractivity contribution >= 4 is 17.6 Å². The van der Waals surface area contributed by atoms with Crippen molar-refractivity contribution in [1.82, 2.24) is 9.47 Å². The molecule has 138 valence electrons. The molecule has 1 fully saturated rings. The minimum absolute atomic E-state index is 0.0463.